The van der Waals surface area contributed by atoms with Crippen LogP contribution in [0.25, 0.3) is 5.69 Å². The van der Waals surface area contributed by atoms with E-state index in [-0.39, 0.29) is 5.82 Å². The molecule has 0 fully saturated rings. The molecule has 0 saturated carbocycles. The van der Waals surface area contributed by atoms with Crippen LogP contribution in [-0.2, 0) is 6.42 Å². The lowest BCUT2D eigenvalue weighted by molar-refractivity contribution is 0.627. The second kappa shape index (κ2) is 9.19. The Balaban J connectivity index is 1.81. The van der Waals surface area contributed by atoms with Crippen molar-refractivity contribution in [3.63, 3.8) is 0 Å². The molecule has 0 unspecified atom stereocenters. The minimum atomic E-state index is -0.245. The maximum Gasteiger partial charge on any atom is 0.191 e. The summed E-state index contributed by atoms with van der Waals surface area (Å²) in [5.74, 6) is 1.60. The summed E-state index contributed by atoms with van der Waals surface area (Å²) in [6, 6.07) is 8.25. The van der Waals surface area contributed by atoms with E-state index >= 15 is 0 Å². The quantitative estimate of drug-likeness (QED) is 0.462. The smallest absolute Gasteiger partial charge is 0.191 e. The van der Waals surface area contributed by atoms with E-state index in [0.29, 0.717) is 0 Å². The van der Waals surface area contributed by atoms with Crippen LogP contribution in [-0.4, -0.2) is 47.9 Å². The van der Waals surface area contributed by atoms with Crippen LogP contribution >= 0.6 is 11.8 Å². The molecule has 0 saturated heterocycles. The maximum atomic E-state index is 12.9. The molecule has 7 heteroatoms. The highest BCUT2D eigenvalue weighted by atomic mass is 32.2. The lowest BCUT2D eigenvalue weighted by atomic mass is 10.3. The van der Waals surface area contributed by atoms with Crippen LogP contribution in [0.15, 0.2) is 41.5 Å². The normalized spacial score (nSPS) is 11.5. The first-order valence-electron chi connectivity index (χ1n) is 7.47. The molecule has 5 nitrogen and oxygen atoms in total. The first kappa shape index (κ1) is 17.3. The molecule has 1 heterocycles. The van der Waals surface area contributed by atoms with Gasteiger partial charge in [0, 0.05) is 38.5 Å². The molecule has 0 amide bonds. The van der Waals surface area contributed by atoms with Crippen LogP contribution in [0, 0.1) is 5.82 Å². The molecule has 1 aromatic heterocycles. The van der Waals surface area contributed by atoms with E-state index in [1.54, 1.807) is 35.6 Å². The van der Waals surface area contributed by atoms with Crippen molar-refractivity contribution in [2.45, 2.75) is 6.42 Å². The minimum absolute atomic E-state index is 0.245. The second-order valence-corrected chi connectivity index (χ2v) is 5.88. The van der Waals surface area contributed by atoms with Gasteiger partial charge in [0.1, 0.15) is 5.82 Å². The number of thioether (sulfide) groups is 1. The van der Waals surface area contributed by atoms with Gasteiger partial charge in [-0.15, -0.1) is 0 Å². The van der Waals surface area contributed by atoms with Crippen molar-refractivity contribution in [2.75, 3.05) is 32.1 Å². The van der Waals surface area contributed by atoms with E-state index in [1.807, 2.05) is 12.3 Å². The Hall–Kier alpha value is -2.02. The number of hydrogen-bond donors (Lipinski definition) is 2. The highest BCUT2D eigenvalue weighted by Crippen LogP contribution is 2.09. The van der Waals surface area contributed by atoms with Gasteiger partial charge in [0.25, 0.3) is 0 Å². The summed E-state index contributed by atoms with van der Waals surface area (Å²) in [5, 5.41) is 11.0. The lowest BCUT2D eigenvalue weighted by Gasteiger charge is -2.10. The van der Waals surface area contributed by atoms with Gasteiger partial charge in [-0.1, -0.05) is 0 Å². The first-order valence-corrected chi connectivity index (χ1v) is 8.86. The van der Waals surface area contributed by atoms with Gasteiger partial charge in [-0.25, -0.2) is 9.07 Å². The number of aromatic nitrogens is 2. The van der Waals surface area contributed by atoms with Gasteiger partial charge in [-0.05, 0) is 36.6 Å². The number of guanidine groups is 1. The third-order valence-corrected chi connectivity index (χ3v) is 3.84. The first-order chi connectivity index (χ1) is 11.2. The van der Waals surface area contributed by atoms with E-state index < -0.39 is 0 Å². The Bertz CT molecular complexity index is 624. The van der Waals surface area contributed by atoms with Crippen molar-refractivity contribution in [1.29, 1.82) is 0 Å². The zero-order valence-corrected chi connectivity index (χ0v) is 14.2. The van der Waals surface area contributed by atoms with Crippen LogP contribution < -0.4 is 10.6 Å². The SMILES string of the molecule is CN=C(NCCSC)NCCc1ccn(-c2ccc(F)cc2)n1. The van der Waals surface area contributed by atoms with Crippen LogP contribution in [0.5, 0.6) is 0 Å². The average molecular weight is 335 g/mol. The zero-order chi connectivity index (χ0) is 16.5. The summed E-state index contributed by atoms with van der Waals surface area (Å²) < 4.78 is 14.7. The molecule has 0 atom stereocenters. The molecule has 0 radical (unpaired) electrons. The molecule has 1 aromatic carbocycles. The molecule has 2 N–H and O–H groups in total. The summed E-state index contributed by atoms with van der Waals surface area (Å²) in [4.78, 5) is 4.18. The van der Waals surface area contributed by atoms with E-state index in [2.05, 4.69) is 27.0 Å². The number of nitrogens with one attached hydrogen (secondary N) is 2. The van der Waals surface area contributed by atoms with Crippen molar-refractivity contribution in [2.24, 2.45) is 4.99 Å². The summed E-state index contributed by atoms with van der Waals surface area (Å²) in [5.41, 5.74) is 1.82. The predicted molar refractivity (Wildman–Crippen MR) is 95.0 cm³/mol. The van der Waals surface area contributed by atoms with Crippen LogP contribution in [0.4, 0.5) is 4.39 Å². The minimum Gasteiger partial charge on any atom is -0.356 e. The zero-order valence-electron chi connectivity index (χ0n) is 13.4. The number of rotatable bonds is 7. The molecular formula is C16H22FN5S. The monoisotopic (exact) mass is 335 g/mol. The molecule has 0 bridgehead atoms. The third-order valence-electron chi connectivity index (χ3n) is 3.23. The molecular weight excluding hydrogens is 313 g/mol. The van der Waals surface area contributed by atoms with Gasteiger partial charge in [-0.2, -0.15) is 16.9 Å². The largest absolute Gasteiger partial charge is 0.356 e. The number of aliphatic imine (C=N–C) groups is 1. The number of halogens is 1. The fourth-order valence-electron chi connectivity index (χ4n) is 2.03. The number of hydrogen-bond acceptors (Lipinski definition) is 3. The van der Waals surface area contributed by atoms with Crippen molar-refractivity contribution in [3.05, 3.63) is 48.0 Å². The van der Waals surface area contributed by atoms with Crippen LogP contribution in [0.1, 0.15) is 5.69 Å². The third kappa shape index (κ3) is 5.59. The predicted octanol–water partition coefficient (Wildman–Crippen LogP) is 2.08. The summed E-state index contributed by atoms with van der Waals surface area (Å²) in [6.45, 7) is 1.64. The van der Waals surface area contributed by atoms with E-state index in [9.17, 15) is 4.39 Å². The lowest BCUT2D eigenvalue weighted by Crippen LogP contribution is -2.39. The Kier molecular flexibility index (Phi) is 6.93. The van der Waals surface area contributed by atoms with Gasteiger partial charge in [0.05, 0.1) is 11.4 Å². The Morgan fingerprint density at radius 1 is 1.22 bits per heavy atom. The van der Waals surface area contributed by atoms with Gasteiger partial charge in [-0.3, -0.25) is 4.99 Å². The standard InChI is InChI=1S/C16H22FN5S/c1-18-16(20-10-12-23-2)19-9-7-14-8-11-22(21-14)15-5-3-13(17)4-6-15/h3-6,8,11H,7,9-10,12H2,1-2H3,(H2,18,19,20). The molecule has 2 aromatic rings. The van der Waals surface area contributed by atoms with Crippen molar-refractivity contribution >= 4 is 17.7 Å². The van der Waals surface area contributed by atoms with Gasteiger partial charge >= 0.3 is 0 Å². The average Bonchev–Trinajstić information content (AvgIpc) is 3.03. The number of benzene rings is 1. The molecule has 124 valence electrons. The summed E-state index contributed by atoms with van der Waals surface area (Å²) in [7, 11) is 1.76. The molecule has 0 aliphatic heterocycles. The van der Waals surface area contributed by atoms with Crippen molar-refractivity contribution in [1.82, 2.24) is 20.4 Å². The maximum absolute atomic E-state index is 12.9. The van der Waals surface area contributed by atoms with Crippen molar-refractivity contribution in [3.8, 4) is 5.69 Å². The molecule has 0 spiro atoms. The highest BCUT2D eigenvalue weighted by Gasteiger charge is 2.03. The van der Waals surface area contributed by atoms with E-state index in [4.69, 9.17) is 0 Å². The summed E-state index contributed by atoms with van der Waals surface area (Å²) in [6.07, 6.45) is 4.75. The Morgan fingerprint density at radius 2 is 1.96 bits per heavy atom. The van der Waals surface area contributed by atoms with Crippen LogP contribution in [0.3, 0.4) is 0 Å². The fourth-order valence-corrected chi connectivity index (χ4v) is 2.34. The van der Waals surface area contributed by atoms with E-state index in [1.165, 1.54) is 12.1 Å². The highest BCUT2D eigenvalue weighted by molar-refractivity contribution is 7.98. The van der Waals surface area contributed by atoms with Gasteiger partial charge in [0.15, 0.2) is 5.96 Å². The van der Waals surface area contributed by atoms with Gasteiger partial charge < -0.3 is 10.6 Å². The molecule has 0 aliphatic carbocycles. The van der Waals surface area contributed by atoms with Crippen molar-refractivity contribution < 1.29 is 4.39 Å². The Morgan fingerprint density at radius 3 is 2.65 bits per heavy atom. The van der Waals surface area contributed by atoms with Gasteiger partial charge in [0.2, 0.25) is 0 Å². The van der Waals surface area contributed by atoms with E-state index in [0.717, 1.165) is 42.6 Å². The van der Waals surface area contributed by atoms with Crippen LogP contribution in [0.2, 0.25) is 0 Å². The Labute approximate surface area is 140 Å². The topological polar surface area (TPSA) is 54.2 Å². The molecule has 0 aliphatic rings. The molecule has 23 heavy (non-hydrogen) atoms. The second-order valence-electron chi connectivity index (χ2n) is 4.90. The number of nitrogens with zero attached hydrogens (tertiary/aromatic N) is 3. The fraction of sp³-hybridized carbons (Fsp3) is 0.375. The summed E-state index contributed by atoms with van der Waals surface area (Å²) >= 11 is 1.79. The molecule has 2 rings (SSSR count).